The van der Waals surface area contributed by atoms with Gasteiger partial charge in [0.2, 0.25) is 11.8 Å². The van der Waals surface area contributed by atoms with Crippen LogP contribution in [0.4, 0.5) is 9.59 Å². The number of amides is 4. The lowest BCUT2D eigenvalue weighted by Crippen LogP contribution is -2.54. The lowest BCUT2D eigenvalue weighted by Gasteiger charge is -2.37. The molecule has 2 aliphatic carbocycles. The minimum Gasteiger partial charge on any atom is -0.465 e. The normalized spacial score (nSPS) is 24.9. The van der Waals surface area contributed by atoms with Crippen molar-refractivity contribution in [2.75, 3.05) is 26.3 Å². The maximum absolute atomic E-state index is 14.4. The minimum absolute atomic E-state index is 0.116. The van der Waals surface area contributed by atoms with Gasteiger partial charge in [-0.25, -0.2) is 19.6 Å². The number of H-pyrrole nitrogens is 1. The Morgan fingerprint density at radius 1 is 0.721 bits per heavy atom. The second-order valence-electron chi connectivity index (χ2n) is 20.7. The zero-order chi connectivity index (χ0) is 46.6. The highest BCUT2D eigenvalue weighted by Crippen LogP contribution is 2.50. The van der Waals surface area contributed by atoms with E-state index >= 15 is 0 Å². The highest BCUT2D eigenvalue weighted by atomic mass is 16.5. The van der Waals surface area contributed by atoms with Crippen molar-refractivity contribution in [1.29, 1.82) is 0 Å². The molecule has 0 bridgehead atoms. The Morgan fingerprint density at radius 3 is 1.90 bits per heavy atom. The number of carbonyl (C=O) groups is 4. The Labute approximate surface area is 392 Å². The largest absolute Gasteiger partial charge is 0.465 e. The van der Waals surface area contributed by atoms with Gasteiger partial charge in [0, 0.05) is 44.1 Å². The number of aromatic nitrogens is 4. The summed E-state index contributed by atoms with van der Waals surface area (Å²) in [7, 11) is 2.02. The highest BCUT2D eigenvalue weighted by molar-refractivity contribution is 6.08. The molecule has 4 aliphatic heterocycles. The number of likely N-dealkylation sites (tertiary alicyclic amines) is 2. The summed E-state index contributed by atoms with van der Waals surface area (Å²) in [6, 6.07) is 17.1. The number of fused-ring (bicyclic) bond motifs is 6. The molecule has 5 N–H and O–H groups in total. The summed E-state index contributed by atoms with van der Waals surface area (Å²) in [6.45, 7) is 4.25. The zero-order valence-electron chi connectivity index (χ0n) is 38.6. The molecule has 4 saturated heterocycles. The molecule has 2 aromatic heterocycles. The van der Waals surface area contributed by atoms with Gasteiger partial charge in [-0.15, -0.1) is 0 Å². The van der Waals surface area contributed by atoms with E-state index in [1.807, 2.05) is 22.9 Å². The molecule has 0 radical (unpaired) electrons. The number of ether oxygens (including phenoxy) is 2. The number of carboxylic acid groups (broad SMARTS) is 2. The van der Waals surface area contributed by atoms with E-state index in [1.165, 1.54) is 0 Å². The molecule has 2 spiro atoms. The van der Waals surface area contributed by atoms with E-state index in [0.29, 0.717) is 57.8 Å². The van der Waals surface area contributed by atoms with Gasteiger partial charge in [0.05, 0.1) is 45.4 Å². The number of hydrogen-bond acceptors (Lipinski definition) is 8. The van der Waals surface area contributed by atoms with E-state index in [1.54, 1.807) is 0 Å². The molecule has 2 saturated carbocycles. The molecule has 5 unspecified atom stereocenters. The van der Waals surface area contributed by atoms with Crippen molar-refractivity contribution in [3.05, 3.63) is 71.8 Å². The fraction of sp³-hybridized carbons (Fsp3) is 0.500. The van der Waals surface area contributed by atoms with Crippen molar-refractivity contribution in [2.24, 2.45) is 18.9 Å². The molecule has 6 heterocycles. The maximum atomic E-state index is 14.4. The number of hydrogen-bond donors (Lipinski definition) is 5. The van der Waals surface area contributed by atoms with Crippen LogP contribution in [0.5, 0.6) is 0 Å². The number of imidazole rings is 2. The average Bonchev–Trinajstić information content (AvgIpc) is 3.86. The van der Waals surface area contributed by atoms with Gasteiger partial charge in [-0.3, -0.25) is 9.59 Å². The van der Waals surface area contributed by atoms with Gasteiger partial charge in [0.15, 0.2) is 0 Å². The molecule has 16 nitrogen and oxygen atoms in total. The molecule has 12 rings (SSSR count). The number of aromatic amines is 1. The lowest BCUT2D eigenvalue weighted by molar-refractivity contribution is -0.138. The smallest absolute Gasteiger partial charge is 0.405 e. The van der Waals surface area contributed by atoms with Gasteiger partial charge in [-0.1, -0.05) is 30.3 Å². The molecule has 16 heteroatoms. The summed E-state index contributed by atoms with van der Waals surface area (Å²) < 4.78 is 14.2. The first-order chi connectivity index (χ1) is 32.9. The van der Waals surface area contributed by atoms with Crippen LogP contribution in [0.15, 0.2) is 54.6 Å². The van der Waals surface area contributed by atoms with Crippen LogP contribution in [0.1, 0.15) is 106 Å². The number of carbonyl (C=O) groups excluding carboxylic acids is 2. The van der Waals surface area contributed by atoms with Crippen molar-refractivity contribution in [2.45, 2.75) is 119 Å². The van der Waals surface area contributed by atoms with Crippen LogP contribution in [0.3, 0.4) is 0 Å². The zero-order valence-corrected chi connectivity index (χ0v) is 38.6. The molecule has 6 atom stereocenters. The monoisotopic (exact) mass is 922 g/mol. The molecule has 354 valence electrons. The van der Waals surface area contributed by atoms with Crippen molar-refractivity contribution >= 4 is 67.6 Å². The van der Waals surface area contributed by atoms with Gasteiger partial charge < -0.3 is 49.7 Å². The Bertz CT molecular complexity index is 3060. The molecule has 6 aliphatic rings. The second-order valence-corrected chi connectivity index (χ2v) is 20.7. The summed E-state index contributed by atoms with van der Waals surface area (Å²) in [6.07, 6.45) is 7.23. The molecule has 6 aromatic rings. The molecule has 68 heavy (non-hydrogen) atoms. The summed E-state index contributed by atoms with van der Waals surface area (Å²) >= 11 is 0. The van der Waals surface area contributed by atoms with Crippen molar-refractivity contribution in [3.8, 4) is 11.1 Å². The number of nitrogens with one attached hydrogen (secondary N) is 3. The summed E-state index contributed by atoms with van der Waals surface area (Å²) in [5.74, 6) is 0.923. The molecule has 4 amide bonds. The number of nitrogens with zero attached hydrogens (tertiary/aromatic N) is 5. The van der Waals surface area contributed by atoms with Crippen LogP contribution >= 0.6 is 0 Å². The van der Waals surface area contributed by atoms with Gasteiger partial charge in [0.1, 0.15) is 23.7 Å². The SMILES string of the molecule is Cc1cc2cc(-c3ccc4c(ccc5nc(C6CCCN6C(=O)C(NC(=O)O)C6CCOC7(CC7)C6)[nH]c54)c3)ccc2c2c1nc([C@@H]1CCCN1C(=O)C(NC(=O)O)C1CCOC3(CC3)C1)n2C. The summed E-state index contributed by atoms with van der Waals surface area (Å²) in [5, 5.41) is 29.1. The van der Waals surface area contributed by atoms with Crippen LogP contribution in [0.25, 0.3) is 54.7 Å². The first kappa shape index (κ1) is 43.0. The molecular weight excluding hydrogens is 865 g/mol. The third kappa shape index (κ3) is 7.41. The van der Waals surface area contributed by atoms with E-state index in [0.717, 1.165) is 117 Å². The van der Waals surface area contributed by atoms with Gasteiger partial charge in [-0.2, -0.15) is 0 Å². The predicted octanol–water partition coefficient (Wildman–Crippen LogP) is 8.25. The first-order valence-electron chi connectivity index (χ1n) is 24.6. The third-order valence-electron chi connectivity index (χ3n) is 16.4. The van der Waals surface area contributed by atoms with Crippen LogP contribution in [-0.4, -0.2) is 113 Å². The standard InChI is InChI=1S/C52H58N8O8/c1-28-23-34-25-30(8-11-36(34)44-40(28)55-46(58(44)2)39-6-4-20-60(39)48(62)42(57-50(65)66)33-14-22-68-52(27-33)17-18-52)29-7-10-35-31(24-29)9-12-37-43(35)54-45(53-37)38-5-3-19-59(38)47(61)41(56-49(63)64)32-13-21-67-51(26-32)15-16-51/h7-12,23-25,32-33,38-39,41-42,56-57H,3-6,13-22,26-27H2,1-2H3,(H,53,54)(H,63,64)(H,65,66)/t32?,33?,38?,39-,41?,42?/m0/s1. The van der Waals surface area contributed by atoms with E-state index in [4.69, 9.17) is 19.4 Å². The number of aryl methyl sites for hydroxylation is 2. The van der Waals surface area contributed by atoms with E-state index in [9.17, 15) is 29.4 Å². The van der Waals surface area contributed by atoms with Crippen molar-refractivity contribution in [3.63, 3.8) is 0 Å². The van der Waals surface area contributed by atoms with Crippen molar-refractivity contribution in [1.82, 2.24) is 40.0 Å². The van der Waals surface area contributed by atoms with Gasteiger partial charge in [0.25, 0.3) is 0 Å². The van der Waals surface area contributed by atoms with E-state index < -0.39 is 24.3 Å². The summed E-state index contributed by atoms with van der Waals surface area (Å²) in [5.41, 5.74) is 6.39. The second kappa shape index (κ2) is 16.2. The minimum atomic E-state index is -1.19. The van der Waals surface area contributed by atoms with Crippen LogP contribution in [0.2, 0.25) is 0 Å². The fourth-order valence-corrected chi connectivity index (χ4v) is 12.6. The Hall–Kier alpha value is -6.26. The average molecular weight is 923 g/mol. The van der Waals surface area contributed by atoms with Gasteiger partial charge in [-0.05, 0) is 148 Å². The quantitative estimate of drug-likeness (QED) is 0.0940. The molecule has 4 aromatic carbocycles. The Kier molecular flexibility index (Phi) is 10.2. The van der Waals surface area contributed by atoms with Crippen LogP contribution in [-0.2, 0) is 26.1 Å². The Balaban J connectivity index is 0.812. The summed E-state index contributed by atoms with van der Waals surface area (Å²) in [4.78, 5) is 70.2. The number of rotatable bonds is 9. The van der Waals surface area contributed by atoms with Crippen LogP contribution < -0.4 is 10.6 Å². The molecular formula is C52H58N8O8. The number of benzene rings is 4. The third-order valence-corrected chi connectivity index (χ3v) is 16.4. The van der Waals surface area contributed by atoms with Crippen LogP contribution in [0, 0.1) is 18.8 Å². The predicted molar refractivity (Wildman–Crippen MR) is 254 cm³/mol. The topological polar surface area (TPSA) is 204 Å². The first-order valence-corrected chi connectivity index (χ1v) is 24.6. The lowest BCUT2D eigenvalue weighted by atomic mass is 9.86. The molecule has 6 fully saturated rings. The fourth-order valence-electron chi connectivity index (χ4n) is 12.6. The highest BCUT2D eigenvalue weighted by Gasteiger charge is 2.53. The van der Waals surface area contributed by atoms with E-state index in [-0.39, 0.29) is 46.9 Å². The van der Waals surface area contributed by atoms with Crippen molar-refractivity contribution < 1.29 is 38.9 Å². The maximum Gasteiger partial charge on any atom is 0.405 e. The van der Waals surface area contributed by atoms with E-state index in [2.05, 4.69) is 75.6 Å². The van der Waals surface area contributed by atoms with Gasteiger partial charge >= 0.3 is 12.2 Å². The Morgan fingerprint density at radius 2 is 1.29 bits per heavy atom.